The standard InChI is InChI=1S/C21H26N12/c22-31-26-14-33(15-27-32-23)19-8-4-1-5-16(19)13-25-30-20-21(9-11-24-12-10-21)29-18-7-3-2-6-17(18)28-20/h1-8,24-25,29H,9-15H2,(H,28,30). The van der Waals surface area contributed by atoms with E-state index in [4.69, 9.17) is 16.1 Å². The van der Waals surface area contributed by atoms with Gasteiger partial charge in [0.2, 0.25) is 0 Å². The molecule has 33 heavy (non-hydrogen) atoms. The first-order valence-electron chi connectivity index (χ1n) is 10.8. The third kappa shape index (κ3) is 5.11. The molecule has 0 amide bonds. The number of nitrogens with zero attached hydrogens (tertiary/aromatic N) is 8. The van der Waals surface area contributed by atoms with E-state index in [9.17, 15) is 0 Å². The van der Waals surface area contributed by atoms with Gasteiger partial charge in [-0.15, -0.1) is 0 Å². The van der Waals surface area contributed by atoms with Gasteiger partial charge in [-0.1, -0.05) is 40.6 Å². The first kappa shape index (κ1) is 22.3. The van der Waals surface area contributed by atoms with Gasteiger partial charge in [0.05, 0.1) is 30.3 Å². The predicted octanol–water partition coefficient (Wildman–Crippen LogP) is 3.90. The van der Waals surface area contributed by atoms with Crippen LogP contribution in [-0.2, 0) is 6.54 Å². The van der Waals surface area contributed by atoms with E-state index in [-0.39, 0.29) is 18.9 Å². The van der Waals surface area contributed by atoms with Gasteiger partial charge in [-0.3, -0.25) is 0 Å². The molecule has 2 aromatic carbocycles. The van der Waals surface area contributed by atoms with Crippen molar-refractivity contribution in [3.63, 3.8) is 0 Å². The Morgan fingerprint density at radius 2 is 1.70 bits per heavy atom. The Labute approximate surface area is 191 Å². The predicted molar refractivity (Wildman–Crippen MR) is 129 cm³/mol. The maximum absolute atomic E-state index is 8.72. The molecule has 12 nitrogen and oxygen atoms in total. The first-order chi connectivity index (χ1) is 16.3. The van der Waals surface area contributed by atoms with Crippen molar-refractivity contribution in [2.45, 2.75) is 24.9 Å². The van der Waals surface area contributed by atoms with E-state index in [0.29, 0.717) is 6.54 Å². The number of benzene rings is 2. The lowest BCUT2D eigenvalue weighted by Gasteiger charge is -2.42. The largest absolute Gasteiger partial charge is 0.371 e. The molecule has 1 spiro atoms. The average Bonchev–Trinajstić information content (AvgIpc) is 2.85. The van der Waals surface area contributed by atoms with E-state index in [2.05, 4.69) is 47.6 Å². The van der Waals surface area contributed by atoms with Crippen LogP contribution in [0.3, 0.4) is 0 Å². The van der Waals surface area contributed by atoms with Crippen LogP contribution >= 0.6 is 0 Å². The molecule has 0 bridgehead atoms. The molecule has 0 atom stereocenters. The number of anilines is 2. The number of nitrogens with one attached hydrogen (secondary N) is 4. The van der Waals surface area contributed by atoms with Crippen LogP contribution < -0.4 is 26.4 Å². The van der Waals surface area contributed by atoms with Crippen LogP contribution in [-0.4, -0.2) is 37.8 Å². The number of hydrazine groups is 1. The molecule has 2 aromatic rings. The summed E-state index contributed by atoms with van der Waals surface area (Å²) >= 11 is 0. The highest BCUT2D eigenvalue weighted by atomic mass is 15.4. The second-order valence-electron chi connectivity index (χ2n) is 7.83. The van der Waals surface area contributed by atoms with Crippen LogP contribution in [0.4, 0.5) is 17.1 Å². The van der Waals surface area contributed by atoms with Crippen LogP contribution in [0.2, 0.25) is 0 Å². The highest BCUT2D eigenvalue weighted by molar-refractivity contribution is 6.00. The van der Waals surface area contributed by atoms with Crippen LogP contribution in [0, 0.1) is 0 Å². The van der Waals surface area contributed by atoms with Gasteiger partial charge in [-0.25, -0.2) is 10.4 Å². The highest BCUT2D eigenvalue weighted by Gasteiger charge is 2.40. The van der Waals surface area contributed by atoms with Crippen molar-refractivity contribution in [2.24, 2.45) is 15.2 Å². The van der Waals surface area contributed by atoms with Crippen molar-refractivity contribution in [1.29, 1.82) is 0 Å². The Morgan fingerprint density at radius 1 is 1.00 bits per heavy atom. The number of rotatable bonds is 8. The van der Waals surface area contributed by atoms with E-state index in [1.165, 1.54) is 0 Å². The maximum atomic E-state index is 8.72. The topological polar surface area (TPSA) is 161 Å². The molecule has 170 valence electrons. The van der Waals surface area contributed by atoms with Crippen LogP contribution in [0.1, 0.15) is 18.4 Å². The molecule has 2 aliphatic heterocycles. The smallest absolute Gasteiger partial charge is 0.142 e. The van der Waals surface area contributed by atoms with Gasteiger partial charge >= 0.3 is 0 Å². The molecule has 2 heterocycles. The van der Waals surface area contributed by atoms with Crippen molar-refractivity contribution in [3.05, 3.63) is 75.0 Å². The van der Waals surface area contributed by atoms with Crippen LogP contribution in [0.5, 0.6) is 0 Å². The van der Waals surface area contributed by atoms with E-state index in [0.717, 1.165) is 54.4 Å². The zero-order chi connectivity index (χ0) is 22.9. The average molecular weight is 447 g/mol. The third-order valence-electron chi connectivity index (χ3n) is 5.83. The van der Waals surface area contributed by atoms with Crippen molar-refractivity contribution in [1.82, 2.24) is 16.2 Å². The second kappa shape index (κ2) is 10.6. The molecule has 12 heteroatoms. The molecule has 0 radical (unpaired) electrons. The number of hydrogen-bond acceptors (Lipinski definition) is 8. The summed E-state index contributed by atoms with van der Waals surface area (Å²) in [5.74, 6) is 0.861. The van der Waals surface area contributed by atoms with Gasteiger partial charge in [-0.2, -0.15) is 0 Å². The molecule has 0 aliphatic carbocycles. The van der Waals surface area contributed by atoms with Gasteiger partial charge in [0.1, 0.15) is 5.84 Å². The summed E-state index contributed by atoms with van der Waals surface area (Å²) in [6.07, 6.45) is 1.83. The summed E-state index contributed by atoms with van der Waals surface area (Å²) in [6, 6.07) is 15.8. The minimum absolute atomic E-state index is 0.0590. The normalized spacial score (nSPS) is 15.8. The SMILES string of the molecule is [N-]=[N+]=NCN(CN=[N+]=[N-])c1ccccc1CNNC1=Nc2ccccc2NC12CCNCC2. The number of piperidine rings is 1. The third-order valence-corrected chi connectivity index (χ3v) is 5.83. The molecule has 1 fully saturated rings. The summed E-state index contributed by atoms with van der Waals surface area (Å²) in [7, 11) is 0. The minimum Gasteiger partial charge on any atom is -0.371 e. The Morgan fingerprint density at radius 3 is 2.45 bits per heavy atom. The number of aliphatic imine (C=N–C) groups is 1. The molecule has 0 aromatic heterocycles. The van der Waals surface area contributed by atoms with Crippen LogP contribution in [0.15, 0.2) is 63.8 Å². The quantitative estimate of drug-likeness (QED) is 0.209. The summed E-state index contributed by atoms with van der Waals surface area (Å²) in [5.41, 5.74) is 27.5. The van der Waals surface area contributed by atoms with Gasteiger partial charge in [-0.05, 0) is 60.8 Å². The van der Waals surface area contributed by atoms with E-state index >= 15 is 0 Å². The fourth-order valence-electron chi connectivity index (χ4n) is 4.18. The number of hydrogen-bond donors (Lipinski definition) is 4. The maximum Gasteiger partial charge on any atom is 0.142 e. The monoisotopic (exact) mass is 446 g/mol. The van der Waals surface area contributed by atoms with E-state index in [1.807, 2.05) is 42.5 Å². The Balaban J connectivity index is 1.52. The molecule has 0 saturated carbocycles. The van der Waals surface area contributed by atoms with E-state index < -0.39 is 0 Å². The Bertz CT molecular complexity index is 1070. The lowest BCUT2D eigenvalue weighted by atomic mass is 9.85. The number of amidine groups is 1. The highest BCUT2D eigenvalue weighted by Crippen LogP contribution is 2.36. The lowest BCUT2D eigenvalue weighted by Crippen LogP contribution is -2.60. The molecule has 1 saturated heterocycles. The molecule has 4 N–H and O–H groups in total. The number of azide groups is 2. The van der Waals surface area contributed by atoms with E-state index in [1.54, 1.807) is 4.90 Å². The number of para-hydroxylation sites is 3. The fraction of sp³-hybridized carbons (Fsp3) is 0.381. The van der Waals surface area contributed by atoms with Gasteiger partial charge < -0.3 is 21.0 Å². The van der Waals surface area contributed by atoms with Crippen molar-refractivity contribution >= 4 is 22.9 Å². The van der Waals surface area contributed by atoms with Gasteiger partial charge in [0.25, 0.3) is 0 Å². The molecule has 4 rings (SSSR count). The molecule has 0 unspecified atom stereocenters. The summed E-state index contributed by atoms with van der Waals surface area (Å²) in [4.78, 5) is 12.3. The Kier molecular flexibility index (Phi) is 7.13. The first-order valence-corrected chi connectivity index (χ1v) is 10.8. The minimum atomic E-state index is -0.263. The molecule has 2 aliphatic rings. The molecular weight excluding hydrogens is 420 g/mol. The summed E-state index contributed by atoms with van der Waals surface area (Å²) < 4.78 is 0. The summed E-state index contributed by atoms with van der Waals surface area (Å²) in [5, 5.41) is 14.4. The fourth-order valence-corrected chi connectivity index (χ4v) is 4.18. The van der Waals surface area contributed by atoms with Crippen molar-refractivity contribution < 1.29 is 0 Å². The van der Waals surface area contributed by atoms with Crippen molar-refractivity contribution in [3.8, 4) is 0 Å². The number of fused-ring (bicyclic) bond motifs is 1. The van der Waals surface area contributed by atoms with Crippen LogP contribution in [0.25, 0.3) is 20.9 Å². The zero-order valence-corrected chi connectivity index (χ0v) is 18.1. The Hall–Kier alpha value is -3.95. The summed E-state index contributed by atoms with van der Waals surface area (Å²) in [6.45, 7) is 2.42. The van der Waals surface area contributed by atoms with Gasteiger partial charge in [0.15, 0.2) is 0 Å². The molecular formula is C21H26N12. The van der Waals surface area contributed by atoms with Gasteiger partial charge in [0, 0.05) is 22.1 Å². The second-order valence-corrected chi connectivity index (χ2v) is 7.83. The lowest BCUT2D eigenvalue weighted by molar-refractivity contribution is 0.407. The van der Waals surface area contributed by atoms with Crippen molar-refractivity contribution in [2.75, 3.05) is 36.6 Å². The zero-order valence-electron chi connectivity index (χ0n) is 18.1.